The standard InChI is InChI=1S/C14H11BrN2O4/c1-17-5-4-8(6-12(17)18)13(19)16-11-3-2-9(15)7-10(11)14(20)21/h2-7H,1H3,(H,16,19)(H,20,21). The molecular weight excluding hydrogens is 340 g/mol. The Kier molecular flexibility index (Phi) is 4.23. The fourth-order valence-corrected chi connectivity index (χ4v) is 2.05. The number of aromatic carboxylic acids is 1. The maximum absolute atomic E-state index is 12.1. The topological polar surface area (TPSA) is 88.4 Å². The second-order valence-corrected chi connectivity index (χ2v) is 5.23. The molecule has 1 aromatic heterocycles. The van der Waals surface area contributed by atoms with Gasteiger partial charge >= 0.3 is 5.97 Å². The van der Waals surface area contributed by atoms with Crippen molar-refractivity contribution in [3.63, 3.8) is 0 Å². The van der Waals surface area contributed by atoms with Crippen molar-refractivity contribution >= 4 is 33.5 Å². The van der Waals surface area contributed by atoms with Crippen LogP contribution in [0.1, 0.15) is 20.7 Å². The largest absolute Gasteiger partial charge is 0.478 e. The third-order valence-electron chi connectivity index (χ3n) is 2.83. The number of benzene rings is 1. The summed E-state index contributed by atoms with van der Waals surface area (Å²) < 4.78 is 1.92. The molecule has 0 atom stereocenters. The van der Waals surface area contributed by atoms with Gasteiger partial charge in [-0.3, -0.25) is 9.59 Å². The second-order valence-electron chi connectivity index (χ2n) is 4.31. The van der Waals surface area contributed by atoms with Crippen LogP contribution < -0.4 is 10.9 Å². The van der Waals surface area contributed by atoms with E-state index in [0.29, 0.717) is 4.47 Å². The first-order chi connectivity index (χ1) is 9.88. The monoisotopic (exact) mass is 350 g/mol. The van der Waals surface area contributed by atoms with Crippen molar-refractivity contribution < 1.29 is 14.7 Å². The van der Waals surface area contributed by atoms with Crippen molar-refractivity contribution in [3.8, 4) is 0 Å². The predicted molar refractivity (Wildman–Crippen MR) is 80.7 cm³/mol. The van der Waals surface area contributed by atoms with Crippen molar-refractivity contribution in [3.05, 3.63) is 62.5 Å². The molecule has 0 radical (unpaired) electrons. The Labute approximate surface area is 128 Å². The lowest BCUT2D eigenvalue weighted by Crippen LogP contribution is -2.20. The fourth-order valence-electron chi connectivity index (χ4n) is 1.69. The number of halogens is 1. The number of aryl methyl sites for hydroxylation is 1. The number of carboxylic acid groups (broad SMARTS) is 1. The van der Waals surface area contributed by atoms with Gasteiger partial charge in [0, 0.05) is 29.3 Å². The minimum Gasteiger partial charge on any atom is -0.478 e. The number of carbonyl (C=O) groups excluding carboxylic acids is 1. The highest BCUT2D eigenvalue weighted by Gasteiger charge is 2.14. The third kappa shape index (κ3) is 3.38. The minimum atomic E-state index is -1.16. The molecule has 0 bridgehead atoms. The summed E-state index contributed by atoms with van der Waals surface area (Å²) in [4.78, 5) is 34.7. The number of nitrogens with zero attached hydrogens (tertiary/aromatic N) is 1. The summed E-state index contributed by atoms with van der Waals surface area (Å²) in [7, 11) is 1.57. The van der Waals surface area contributed by atoms with Gasteiger partial charge in [0.15, 0.2) is 0 Å². The summed E-state index contributed by atoms with van der Waals surface area (Å²) in [5.74, 6) is -1.70. The molecule has 108 valence electrons. The van der Waals surface area contributed by atoms with Crippen LogP contribution in [-0.4, -0.2) is 21.6 Å². The van der Waals surface area contributed by atoms with Crippen LogP contribution in [-0.2, 0) is 7.05 Å². The molecule has 1 aromatic carbocycles. The van der Waals surface area contributed by atoms with Gasteiger partial charge in [-0.15, -0.1) is 0 Å². The summed E-state index contributed by atoms with van der Waals surface area (Å²) in [6, 6.07) is 7.16. The van der Waals surface area contributed by atoms with E-state index < -0.39 is 11.9 Å². The molecule has 0 aliphatic rings. The fraction of sp³-hybridized carbons (Fsp3) is 0.0714. The number of hydrogen-bond acceptors (Lipinski definition) is 3. The summed E-state index contributed by atoms with van der Waals surface area (Å²) in [5, 5.41) is 11.6. The average molecular weight is 351 g/mol. The van der Waals surface area contributed by atoms with E-state index in [0.717, 1.165) is 0 Å². The number of nitrogens with one attached hydrogen (secondary N) is 1. The number of pyridine rings is 1. The molecule has 7 heteroatoms. The maximum atomic E-state index is 12.1. The van der Waals surface area contributed by atoms with E-state index in [1.807, 2.05) is 0 Å². The third-order valence-corrected chi connectivity index (χ3v) is 3.32. The van der Waals surface area contributed by atoms with E-state index in [9.17, 15) is 14.4 Å². The van der Waals surface area contributed by atoms with Gasteiger partial charge in [0.25, 0.3) is 11.5 Å². The zero-order chi connectivity index (χ0) is 15.6. The number of anilines is 1. The number of carboxylic acids is 1. The van der Waals surface area contributed by atoms with E-state index in [2.05, 4.69) is 21.2 Å². The van der Waals surface area contributed by atoms with Crippen LogP contribution in [0.2, 0.25) is 0 Å². The predicted octanol–water partition coefficient (Wildman–Crippen LogP) is 2.10. The molecule has 0 spiro atoms. The molecule has 21 heavy (non-hydrogen) atoms. The number of amides is 1. The zero-order valence-corrected chi connectivity index (χ0v) is 12.5. The molecule has 1 amide bonds. The van der Waals surface area contributed by atoms with Crippen LogP contribution in [0.4, 0.5) is 5.69 Å². The van der Waals surface area contributed by atoms with Gasteiger partial charge in [-0.2, -0.15) is 0 Å². The Balaban J connectivity index is 2.33. The van der Waals surface area contributed by atoms with Crippen LogP contribution in [0.25, 0.3) is 0 Å². The molecule has 0 saturated heterocycles. The summed E-state index contributed by atoms with van der Waals surface area (Å²) >= 11 is 3.17. The highest BCUT2D eigenvalue weighted by Crippen LogP contribution is 2.21. The Morgan fingerprint density at radius 3 is 2.57 bits per heavy atom. The SMILES string of the molecule is Cn1ccc(C(=O)Nc2ccc(Br)cc2C(=O)O)cc1=O. The first-order valence-corrected chi connectivity index (χ1v) is 6.68. The zero-order valence-electron chi connectivity index (χ0n) is 11.0. The second kappa shape index (κ2) is 5.92. The number of hydrogen-bond donors (Lipinski definition) is 2. The quantitative estimate of drug-likeness (QED) is 0.886. The van der Waals surface area contributed by atoms with Crippen molar-refractivity contribution in [2.45, 2.75) is 0 Å². The first-order valence-electron chi connectivity index (χ1n) is 5.89. The number of carbonyl (C=O) groups is 2. The van der Waals surface area contributed by atoms with E-state index in [4.69, 9.17) is 5.11 Å². The van der Waals surface area contributed by atoms with Gasteiger partial charge in [0.1, 0.15) is 0 Å². The van der Waals surface area contributed by atoms with Crippen molar-refractivity contribution in [1.29, 1.82) is 0 Å². The highest BCUT2D eigenvalue weighted by atomic mass is 79.9. The van der Waals surface area contributed by atoms with Crippen molar-refractivity contribution in [1.82, 2.24) is 4.57 Å². The van der Waals surface area contributed by atoms with Gasteiger partial charge in [-0.05, 0) is 24.3 Å². The van der Waals surface area contributed by atoms with Gasteiger partial charge in [-0.1, -0.05) is 15.9 Å². The van der Waals surface area contributed by atoms with E-state index in [1.165, 1.54) is 35.0 Å². The lowest BCUT2D eigenvalue weighted by Gasteiger charge is -2.09. The molecule has 0 unspecified atom stereocenters. The van der Waals surface area contributed by atoms with E-state index >= 15 is 0 Å². The van der Waals surface area contributed by atoms with Crippen LogP contribution in [0, 0.1) is 0 Å². The molecule has 2 aromatic rings. The lowest BCUT2D eigenvalue weighted by molar-refractivity contribution is 0.0698. The summed E-state index contributed by atoms with van der Waals surface area (Å²) in [5.41, 5.74) is -0.0350. The Hall–Kier alpha value is -2.41. The Morgan fingerprint density at radius 2 is 1.95 bits per heavy atom. The van der Waals surface area contributed by atoms with Gasteiger partial charge in [-0.25, -0.2) is 4.79 Å². The van der Waals surface area contributed by atoms with Crippen LogP contribution in [0.3, 0.4) is 0 Å². The van der Waals surface area contributed by atoms with E-state index in [1.54, 1.807) is 13.1 Å². The van der Waals surface area contributed by atoms with Crippen LogP contribution >= 0.6 is 15.9 Å². The first kappa shape index (κ1) is 15.0. The minimum absolute atomic E-state index is 0.0402. The molecule has 0 fully saturated rings. The highest BCUT2D eigenvalue weighted by molar-refractivity contribution is 9.10. The summed E-state index contributed by atoms with van der Waals surface area (Å²) in [6.07, 6.45) is 1.47. The molecule has 2 N–H and O–H groups in total. The van der Waals surface area contributed by atoms with E-state index in [-0.39, 0.29) is 22.4 Å². The molecule has 0 aliphatic carbocycles. The number of rotatable bonds is 3. The van der Waals surface area contributed by atoms with Gasteiger partial charge in [0.2, 0.25) is 0 Å². The smallest absolute Gasteiger partial charge is 0.337 e. The van der Waals surface area contributed by atoms with Gasteiger partial charge < -0.3 is 15.0 Å². The van der Waals surface area contributed by atoms with Crippen LogP contribution in [0.5, 0.6) is 0 Å². The van der Waals surface area contributed by atoms with Crippen molar-refractivity contribution in [2.24, 2.45) is 7.05 Å². The van der Waals surface area contributed by atoms with Crippen molar-refractivity contribution in [2.75, 3.05) is 5.32 Å². The number of aromatic nitrogens is 1. The average Bonchev–Trinajstić information content (AvgIpc) is 2.43. The van der Waals surface area contributed by atoms with Gasteiger partial charge in [0.05, 0.1) is 11.3 Å². The molecule has 2 rings (SSSR count). The lowest BCUT2D eigenvalue weighted by atomic mass is 10.1. The molecule has 0 saturated carbocycles. The molecular formula is C14H11BrN2O4. The normalized spacial score (nSPS) is 10.2. The maximum Gasteiger partial charge on any atom is 0.337 e. The molecule has 6 nitrogen and oxygen atoms in total. The van der Waals surface area contributed by atoms with Crippen LogP contribution in [0.15, 0.2) is 45.8 Å². The molecule has 0 aliphatic heterocycles. The summed E-state index contributed by atoms with van der Waals surface area (Å²) in [6.45, 7) is 0. The molecule has 1 heterocycles. The Morgan fingerprint density at radius 1 is 1.24 bits per heavy atom. The Bertz CT molecular complexity index is 783.